The summed E-state index contributed by atoms with van der Waals surface area (Å²) in [6.45, 7) is 4.10. The van der Waals surface area contributed by atoms with Gasteiger partial charge in [-0.15, -0.1) is 0 Å². The molecule has 0 saturated heterocycles. The molecule has 0 amide bonds. The lowest BCUT2D eigenvalue weighted by Gasteiger charge is -2.11. The molecular formula is C22H19Cl3N4O. The minimum atomic E-state index is 0.387. The quantitative estimate of drug-likeness (QED) is 0.304. The Morgan fingerprint density at radius 2 is 1.73 bits per heavy atom. The van der Waals surface area contributed by atoms with Gasteiger partial charge in [0.2, 0.25) is 0 Å². The van der Waals surface area contributed by atoms with E-state index in [0.29, 0.717) is 38.2 Å². The Hall–Kier alpha value is -2.34. The lowest BCUT2D eigenvalue weighted by Crippen LogP contribution is -2.00. The molecule has 8 heteroatoms. The maximum atomic E-state index is 6.50. The first-order chi connectivity index (χ1) is 14.5. The van der Waals surface area contributed by atoms with Crippen LogP contribution in [0, 0.1) is 6.92 Å². The van der Waals surface area contributed by atoms with E-state index in [-0.39, 0.29) is 0 Å². The zero-order chi connectivity index (χ0) is 21.3. The van der Waals surface area contributed by atoms with Crippen LogP contribution in [0.25, 0.3) is 28.5 Å². The molecule has 0 spiro atoms. The molecule has 154 valence electrons. The smallest absolute Gasteiger partial charge is 0.278 e. The van der Waals surface area contributed by atoms with Crippen molar-refractivity contribution >= 4 is 34.8 Å². The fourth-order valence-electron chi connectivity index (χ4n) is 3.26. The van der Waals surface area contributed by atoms with E-state index < -0.39 is 0 Å². The van der Waals surface area contributed by atoms with E-state index in [9.17, 15) is 0 Å². The molecule has 4 rings (SSSR count). The lowest BCUT2D eigenvalue weighted by molar-refractivity contribution is 0.420. The number of halogens is 3. The molecule has 5 nitrogen and oxygen atoms in total. The summed E-state index contributed by atoms with van der Waals surface area (Å²) in [6.07, 6.45) is 2.84. The normalized spacial score (nSPS) is 11.2. The summed E-state index contributed by atoms with van der Waals surface area (Å²) in [5.74, 6) is 1.07. The fourth-order valence-corrected chi connectivity index (χ4v) is 3.87. The minimum Gasteiger partial charge on any atom is -0.332 e. The van der Waals surface area contributed by atoms with Crippen molar-refractivity contribution in [2.45, 2.75) is 33.1 Å². The molecule has 0 saturated carbocycles. The van der Waals surface area contributed by atoms with Gasteiger partial charge in [-0.1, -0.05) is 65.4 Å². The van der Waals surface area contributed by atoms with Crippen molar-refractivity contribution in [1.29, 1.82) is 0 Å². The van der Waals surface area contributed by atoms with Gasteiger partial charge in [-0.3, -0.25) is 0 Å². The predicted molar refractivity (Wildman–Crippen MR) is 121 cm³/mol. The Labute approximate surface area is 189 Å². The molecule has 0 unspecified atom stereocenters. The van der Waals surface area contributed by atoms with Gasteiger partial charge in [0.15, 0.2) is 11.5 Å². The molecule has 0 aliphatic rings. The Kier molecular flexibility index (Phi) is 6.14. The molecule has 0 fully saturated rings. The van der Waals surface area contributed by atoms with Crippen LogP contribution in [-0.2, 0) is 6.42 Å². The second-order valence-electron chi connectivity index (χ2n) is 6.96. The van der Waals surface area contributed by atoms with Crippen LogP contribution in [0.4, 0.5) is 0 Å². The molecule has 0 aliphatic carbocycles. The maximum Gasteiger partial charge on any atom is 0.278 e. The minimum absolute atomic E-state index is 0.387. The second-order valence-corrected chi connectivity index (χ2v) is 8.24. The number of aromatic nitrogens is 4. The zero-order valence-electron chi connectivity index (χ0n) is 16.5. The van der Waals surface area contributed by atoms with Gasteiger partial charge < -0.3 is 4.52 Å². The van der Waals surface area contributed by atoms with Gasteiger partial charge in [-0.05, 0) is 43.7 Å². The number of unbranched alkanes of at least 4 members (excludes halogenated alkanes) is 1. The largest absolute Gasteiger partial charge is 0.332 e. The Balaban J connectivity index is 1.89. The van der Waals surface area contributed by atoms with Crippen LogP contribution >= 0.6 is 34.8 Å². The van der Waals surface area contributed by atoms with Gasteiger partial charge >= 0.3 is 0 Å². The van der Waals surface area contributed by atoms with Crippen molar-refractivity contribution < 1.29 is 4.52 Å². The molecule has 2 aromatic heterocycles. The van der Waals surface area contributed by atoms with Crippen LogP contribution in [0.15, 0.2) is 47.0 Å². The van der Waals surface area contributed by atoms with E-state index >= 15 is 0 Å². The molecule has 2 heterocycles. The first kappa shape index (κ1) is 20.9. The summed E-state index contributed by atoms with van der Waals surface area (Å²) in [5, 5.41) is 10.6. The van der Waals surface area contributed by atoms with Crippen molar-refractivity contribution in [3.8, 4) is 28.5 Å². The summed E-state index contributed by atoms with van der Waals surface area (Å²) >= 11 is 18.7. The predicted octanol–water partition coefficient (Wildman–Crippen LogP) is 7.20. The lowest BCUT2D eigenvalue weighted by atomic mass is 10.1. The SMILES string of the molecule is CCCCc1noc(-c2nn(-c3ccc(Cl)cc3Cl)c(-c3ccc(Cl)cc3)c2C)n1. The Morgan fingerprint density at radius 3 is 2.43 bits per heavy atom. The molecule has 0 atom stereocenters. The van der Waals surface area contributed by atoms with E-state index in [1.807, 2.05) is 37.3 Å². The van der Waals surface area contributed by atoms with Crippen molar-refractivity contribution in [2.24, 2.45) is 0 Å². The average molecular weight is 462 g/mol. The molecule has 0 N–H and O–H groups in total. The van der Waals surface area contributed by atoms with Crippen molar-refractivity contribution in [3.05, 3.63) is 68.9 Å². The Morgan fingerprint density at radius 1 is 1.00 bits per heavy atom. The van der Waals surface area contributed by atoms with E-state index in [1.54, 1.807) is 16.8 Å². The maximum absolute atomic E-state index is 6.50. The van der Waals surface area contributed by atoms with E-state index in [1.165, 1.54) is 0 Å². The molecule has 0 radical (unpaired) electrons. The highest BCUT2D eigenvalue weighted by atomic mass is 35.5. The first-order valence-corrected chi connectivity index (χ1v) is 10.7. The van der Waals surface area contributed by atoms with Gasteiger partial charge in [0, 0.05) is 27.6 Å². The van der Waals surface area contributed by atoms with Gasteiger partial charge in [0.25, 0.3) is 5.89 Å². The number of nitrogens with zero attached hydrogens (tertiary/aromatic N) is 4. The summed E-state index contributed by atoms with van der Waals surface area (Å²) in [6, 6.07) is 12.9. The van der Waals surface area contributed by atoms with Crippen LogP contribution in [0.5, 0.6) is 0 Å². The number of benzene rings is 2. The van der Waals surface area contributed by atoms with Crippen molar-refractivity contribution in [3.63, 3.8) is 0 Å². The Bertz CT molecular complexity index is 1180. The number of hydrogen-bond acceptors (Lipinski definition) is 4. The number of aryl methyl sites for hydroxylation is 1. The second kappa shape index (κ2) is 8.80. The van der Waals surface area contributed by atoms with E-state index in [2.05, 4.69) is 17.1 Å². The number of rotatable bonds is 6. The van der Waals surface area contributed by atoms with Crippen LogP contribution in [0.1, 0.15) is 31.2 Å². The van der Waals surface area contributed by atoms with Crippen LogP contribution in [0.3, 0.4) is 0 Å². The highest BCUT2D eigenvalue weighted by molar-refractivity contribution is 6.35. The third-order valence-electron chi connectivity index (χ3n) is 4.80. The zero-order valence-corrected chi connectivity index (χ0v) is 18.8. The molecular weight excluding hydrogens is 443 g/mol. The summed E-state index contributed by atoms with van der Waals surface area (Å²) in [5.41, 5.74) is 4.01. The van der Waals surface area contributed by atoms with Crippen LogP contribution in [0.2, 0.25) is 15.1 Å². The molecule has 0 bridgehead atoms. The van der Waals surface area contributed by atoms with Crippen LogP contribution in [-0.4, -0.2) is 19.9 Å². The summed E-state index contributed by atoms with van der Waals surface area (Å²) in [7, 11) is 0. The van der Waals surface area contributed by atoms with Crippen molar-refractivity contribution in [2.75, 3.05) is 0 Å². The monoisotopic (exact) mass is 460 g/mol. The van der Waals surface area contributed by atoms with Gasteiger partial charge in [-0.2, -0.15) is 10.1 Å². The highest BCUT2D eigenvalue weighted by Gasteiger charge is 2.23. The molecule has 30 heavy (non-hydrogen) atoms. The summed E-state index contributed by atoms with van der Waals surface area (Å²) < 4.78 is 7.31. The first-order valence-electron chi connectivity index (χ1n) is 9.62. The molecule has 2 aromatic carbocycles. The molecule has 0 aliphatic heterocycles. The van der Waals surface area contributed by atoms with Crippen molar-refractivity contribution in [1.82, 2.24) is 19.9 Å². The average Bonchev–Trinajstić information content (AvgIpc) is 3.32. The third-order valence-corrected chi connectivity index (χ3v) is 5.59. The van der Waals surface area contributed by atoms with E-state index in [4.69, 9.17) is 44.4 Å². The highest BCUT2D eigenvalue weighted by Crippen LogP contribution is 2.36. The van der Waals surface area contributed by atoms with Gasteiger partial charge in [-0.25, -0.2) is 4.68 Å². The van der Waals surface area contributed by atoms with E-state index in [0.717, 1.165) is 36.1 Å². The standard InChI is InChI=1S/C22H19Cl3N4O/c1-3-4-5-19-26-22(30-28-19)20-13(2)21(14-6-8-15(23)9-7-14)29(27-20)18-11-10-16(24)12-17(18)25/h6-12H,3-5H2,1-2H3. The topological polar surface area (TPSA) is 56.7 Å². The number of hydrogen-bond donors (Lipinski definition) is 0. The van der Waals surface area contributed by atoms with Crippen LogP contribution < -0.4 is 0 Å². The van der Waals surface area contributed by atoms with Gasteiger partial charge in [0.1, 0.15) is 0 Å². The molecule has 4 aromatic rings. The summed E-state index contributed by atoms with van der Waals surface area (Å²) in [4.78, 5) is 4.54. The van der Waals surface area contributed by atoms with Gasteiger partial charge in [0.05, 0.1) is 16.4 Å². The third kappa shape index (κ3) is 4.10. The fraction of sp³-hybridized carbons (Fsp3) is 0.227.